The van der Waals surface area contributed by atoms with Gasteiger partial charge in [-0.05, 0) is 45.0 Å². The third kappa shape index (κ3) is 4.82. The normalized spacial score (nSPS) is 15.8. The number of amidine groups is 1. The van der Waals surface area contributed by atoms with E-state index in [4.69, 9.17) is 14.2 Å². The van der Waals surface area contributed by atoms with Crippen molar-refractivity contribution in [1.82, 2.24) is 9.88 Å². The van der Waals surface area contributed by atoms with Crippen molar-refractivity contribution >= 4 is 23.3 Å². The average Bonchev–Trinajstić information content (AvgIpc) is 3.27. The summed E-state index contributed by atoms with van der Waals surface area (Å²) in [6.07, 6.45) is 4.67. The van der Waals surface area contributed by atoms with Crippen LogP contribution in [0.5, 0.6) is 11.5 Å². The summed E-state index contributed by atoms with van der Waals surface area (Å²) >= 11 is 0. The van der Waals surface area contributed by atoms with Crippen molar-refractivity contribution in [3.63, 3.8) is 0 Å². The van der Waals surface area contributed by atoms with Crippen LogP contribution in [0.4, 0.5) is 5.69 Å². The summed E-state index contributed by atoms with van der Waals surface area (Å²) in [6, 6.07) is 7.02. The topological polar surface area (TPSA) is 102 Å². The molecule has 2 aliphatic heterocycles. The fraction of sp³-hybridized carbons (Fsp3) is 0.333. The van der Waals surface area contributed by atoms with E-state index in [1.165, 1.54) is 19.4 Å². The minimum absolute atomic E-state index is 0.184. The Morgan fingerprint density at radius 3 is 2.76 bits per heavy atom. The van der Waals surface area contributed by atoms with E-state index in [1.54, 1.807) is 45.2 Å². The number of fused-ring (bicyclic) bond motifs is 3. The lowest BCUT2D eigenvalue weighted by Gasteiger charge is -2.32. The number of esters is 1. The number of carbonyl (C=O) groups excluding carboxylic acids is 2. The van der Waals surface area contributed by atoms with E-state index in [1.807, 2.05) is 11.0 Å². The van der Waals surface area contributed by atoms with Crippen LogP contribution in [-0.2, 0) is 9.53 Å². The van der Waals surface area contributed by atoms with E-state index in [0.717, 1.165) is 11.4 Å². The van der Waals surface area contributed by atoms with Gasteiger partial charge in [0, 0.05) is 36.1 Å². The van der Waals surface area contributed by atoms with E-state index in [9.17, 15) is 9.59 Å². The largest absolute Gasteiger partial charge is 0.491 e. The summed E-state index contributed by atoms with van der Waals surface area (Å²) in [5, 5.41) is 3.30. The zero-order chi connectivity index (χ0) is 23.6. The molecule has 33 heavy (non-hydrogen) atoms. The maximum absolute atomic E-state index is 12.8. The van der Waals surface area contributed by atoms with E-state index in [0.29, 0.717) is 41.7 Å². The summed E-state index contributed by atoms with van der Waals surface area (Å²) < 4.78 is 16.6. The molecule has 0 saturated carbocycles. The van der Waals surface area contributed by atoms with E-state index in [2.05, 4.69) is 15.3 Å². The molecule has 0 spiro atoms. The van der Waals surface area contributed by atoms with Crippen LogP contribution >= 0.6 is 0 Å². The van der Waals surface area contributed by atoms with Gasteiger partial charge in [0.1, 0.15) is 17.3 Å². The van der Waals surface area contributed by atoms with Crippen molar-refractivity contribution in [3.8, 4) is 11.5 Å². The predicted octanol–water partition coefficient (Wildman–Crippen LogP) is 3.02. The van der Waals surface area contributed by atoms with E-state index in [-0.39, 0.29) is 12.4 Å². The molecule has 0 bridgehead atoms. The molecule has 3 heterocycles. The highest BCUT2D eigenvalue weighted by Crippen LogP contribution is 2.43. The zero-order valence-corrected chi connectivity index (χ0v) is 19.0. The number of rotatable bonds is 6. The first-order valence-corrected chi connectivity index (χ1v) is 10.6. The maximum Gasteiger partial charge on any atom is 0.344 e. The molecular formula is C24H26N4O5. The summed E-state index contributed by atoms with van der Waals surface area (Å²) in [5.41, 5.74) is 1.31. The van der Waals surface area contributed by atoms with Crippen LogP contribution < -0.4 is 14.8 Å². The average molecular weight is 450 g/mol. The lowest BCUT2D eigenvalue weighted by atomic mass is 10.1. The van der Waals surface area contributed by atoms with E-state index >= 15 is 0 Å². The standard InChI is InChI=1S/C24H26N4O5/c1-24(2,3)33-20(30)14-32-18-8-7-16-21(22(18)31-4)27-19(28-11-10-26-23(16)28)12-17(29)15-6-5-9-25-13-15/h5-9,12-13,27H,10-11,14H2,1-4H3/b19-12+. The van der Waals surface area contributed by atoms with Crippen LogP contribution in [0.2, 0.25) is 0 Å². The second-order valence-electron chi connectivity index (χ2n) is 8.51. The number of nitrogens with zero attached hydrogens (tertiary/aromatic N) is 3. The Kier molecular flexibility index (Phi) is 6.04. The number of hydrogen-bond donors (Lipinski definition) is 1. The molecule has 0 unspecified atom stereocenters. The Morgan fingerprint density at radius 1 is 1.24 bits per heavy atom. The molecular weight excluding hydrogens is 424 g/mol. The summed E-state index contributed by atoms with van der Waals surface area (Å²) in [6.45, 7) is 6.37. The number of allylic oxidation sites excluding steroid dienone is 1. The highest BCUT2D eigenvalue weighted by atomic mass is 16.6. The monoisotopic (exact) mass is 450 g/mol. The molecule has 1 aromatic heterocycles. The molecule has 0 atom stereocenters. The first-order valence-electron chi connectivity index (χ1n) is 10.6. The Hall–Kier alpha value is -3.88. The SMILES string of the molecule is COc1c(OCC(=O)OC(C)(C)C)ccc2c1N/C(=C\C(=O)c1cccnc1)N1CCN=C21. The second kappa shape index (κ2) is 8.93. The number of hydrogen-bond acceptors (Lipinski definition) is 9. The van der Waals surface area contributed by atoms with Gasteiger partial charge in [-0.2, -0.15) is 0 Å². The fourth-order valence-electron chi connectivity index (χ4n) is 3.64. The maximum atomic E-state index is 12.8. The van der Waals surface area contributed by atoms with Crippen LogP contribution in [0, 0.1) is 0 Å². The summed E-state index contributed by atoms with van der Waals surface area (Å²) in [4.78, 5) is 35.5. The number of pyridine rings is 1. The van der Waals surface area contributed by atoms with Crippen LogP contribution in [0.25, 0.3) is 0 Å². The predicted molar refractivity (Wildman–Crippen MR) is 123 cm³/mol. The molecule has 1 aromatic carbocycles. The Labute approximate surface area is 192 Å². The van der Waals surface area contributed by atoms with Gasteiger partial charge < -0.3 is 24.4 Å². The highest BCUT2D eigenvalue weighted by Gasteiger charge is 2.33. The van der Waals surface area contributed by atoms with Gasteiger partial charge in [-0.3, -0.25) is 14.8 Å². The van der Waals surface area contributed by atoms with Crippen molar-refractivity contribution in [2.45, 2.75) is 26.4 Å². The van der Waals surface area contributed by atoms with Crippen LogP contribution in [0.15, 0.2) is 53.5 Å². The number of anilines is 1. The number of ketones is 1. The van der Waals surface area contributed by atoms with Gasteiger partial charge in [-0.1, -0.05) is 0 Å². The minimum Gasteiger partial charge on any atom is -0.491 e. The lowest BCUT2D eigenvalue weighted by Crippen LogP contribution is -2.36. The van der Waals surface area contributed by atoms with Crippen molar-refractivity contribution in [2.24, 2.45) is 4.99 Å². The van der Waals surface area contributed by atoms with Crippen molar-refractivity contribution < 1.29 is 23.8 Å². The number of aliphatic imine (C=N–C) groups is 1. The Morgan fingerprint density at radius 2 is 2.06 bits per heavy atom. The second-order valence-corrected chi connectivity index (χ2v) is 8.51. The molecule has 9 heteroatoms. The van der Waals surface area contributed by atoms with Crippen LogP contribution in [0.3, 0.4) is 0 Å². The van der Waals surface area contributed by atoms with Crippen molar-refractivity contribution in [2.75, 3.05) is 32.1 Å². The molecule has 0 aliphatic carbocycles. The first-order chi connectivity index (χ1) is 15.8. The molecule has 4 rings (SSSR count). The van der Waals surface area contributed by atoms with Crippen molar-refractivity contribution in [3.05, 3.63) is 59.7 Å². The van der Waals surface area contributed by atoms with Crippen LogP contribution in [-0.4, -0.2) is 59.9 Å². The molecule has 0 fully saturated rings. The van der Waals surface area contributed by atoms with Gasteiger partial charge in [0.15, 0.2) is 23.9 Å². The quantitative estimate of drug-likeness (QED) is 0.407. The molecule has 0 saturated heterocycles. The molecule has 0 amide bonds. The third-order valence-corrected chi connectivity index (χ3v) is 4.93. The third-order valence-electron chi connectivity index (χ3n) is 4.93. The van der Waals surface area contributed by atoms with E-state index < -0.39 is 11.6 Å². The molecule has 0 radical (unpaired) electrons. The van der Waals surface area contributed by atoms with Gasteiger partial charge in [-0.25, -0.2) is 4.79 Å². The summed E-state index contributed by atoms with van der Waals surface area (Å²) in [7, 11) is 1.52. The Bertz CT molecular complexity index is 1140. The zero-order valence-electron chi connectivity index (χ0n) is 19.0. The highest BCUT2D eigenvalue weighted by molar-refractivity contribution is 6.11. The van der Waals surface area contributed by atoms with Gasteiger partial charge in [0.25, 0.3) is 0 Å². The Balaban J connectivity index is 1.64. The van der Waals surface area contributed by atoms with Gasteiger partial charge >= 0.3 is 5.97 Å². The number of aromatic nitrogens is 1. The molecule has 1 N–H and O–H groups in total. The van der Waals surface area contributed by atoms with Gasteiger partial charge in [-0.15, -0.1) is 0 Å². The summed E-state index contributed by atoms with van der Waals surface area (Å²) in [5.74, 6) is 1.44. The van der Waals surface area contributed by atoms with Crippen LogP contribution in [0.1, 0.15) is 36.7 Å². The number of benzene rings is 1. The molecule has 2 aliphatic rings. The van der Waals surface area contributed by atoms with Crippen molar-refractivity contribution in [1.29, 1.82) is 0 Å². The lowest BCUT2D eigenvalue weighted by molar-refractivity contribution is -0.157. The first kappa shape index (κ1) is 22.3. The molecule has 2 aromatic rings. The number of nitrogens with one attached hydrogen (secondary N) is 1. The fourth-order valence-corrected chi connectivity index (χ4v) is 3.64. The number of carbonyl (C=O) groups is 2. The molecule has 9 nitrogen and oxygen atoms in total. The number of ether oxygens (including phenoxy) is 3. The van der Waals surface area contributed by atoms with Gasteiger partial charge in [0.05, 0.1) is 19.3 Å². The number of methoxy groups -OCH3 is 1. The molecule has 172 valence electrons. The minimum atomic E-state index is -0.605. The van der Waals surface area contributed by atoms with Gasteiger partial charge in [0.2, 0.25) is 0 Å². The smallest absolute Gasteiger partial charge is 0.344 e.